The Labute approximate surface area is 116 Å². The van der Waals surface area contributed by atoms with Gasteiger partial charge in [0, 0.05) is 25.6 Å². The van der Waals surface area contributed by atoms with Crippen LogP contribution in [0.4, 0.5) is 0 Å². The van der Waals surface area contributed by atoms with Gasteiger partial charge in [-0.2, -0.15) is 0 Å². The van der Waals surface area contributed by atoms with Crippen molar-refractivity contribution in [1.29, 1.82) is 0 Å². The van der Waals surface area contributed by atoms with Crippen LogP contribution in [0.1, 0.15) is 5.56 Å². The van der Waals surface area contributed by atoms with Crippen LogP contribution in [0, 0.1) is 0 Å². The van der Waals surface area contributed by atoms with Gasteiger partial charge in [-0.05, 0) is 33.6 Å². The van der Waals surface area contributed by atoms with Gasteiger partial charge >= 0.3 is 0 Å². The molecule has 0 saturated heterocycles. The lowest BCUT2D eigenvalue weighted by atomic mass is 10.2. The zero-order valence-corrected chi connectivity index (χ0v) is 12.3. The van der Waals surface area contributed by atoms with Crippen LogP contribution in [0.25, 0.3) is 0 Å². The summed E-state index contributed by atoms with van der Waals surface area (Å²) in [5, 5.41) is 3.33. The zero-order valence-electron chi connectivity index (χ0n) is 10.0. The number of ether oxygens (including phenoxy) is 2. The summed E-state index contributed by atoms with van der Waals surface area (Å²) in [6.07, 6.45) is 0. The highest BCUT2D eigenvalue weighted by Crippen LogP contribution is 2.25. The molecule has 0 spiro atoms. The minimum atomic E-state index is 0.169. The summed E-state index contributed by atoms with van der Waals surface area (Å²) < 4.78 is 11.2. The molecule has 0 bridgehead atoms. The molecule has 0 aromatic heterocycles. The van der Waals surface area contributed by atoms with Gasteiger partial charge in [0.1, 0.15) is 5.75 Å². The summed E-state index contributed by atoms with van der Waals surface area (Å²) in [5.41, 5.74) is 1.17. The van der Waals surface area contributed by atoms with E-state index in [1.54, 1.807) is 14.2 Å². The molecule has 0 aliphatic heterocycles. The third-order valence-corrected chi connectivity index (χ3v) is 3.36. The van der Waals surface area contributed by atoms with Crippen molar-refractivity contribution in [3.05, 3.63) is 28.2 Å². The third-order valence-electron chi connectivity index (χ3n) is 2.37. The van der Waals surface area contributed by atoms with Gasteiger partial charge in [-0.3, -0.25) is 0 Å². The van der Waals surface area contributed by atoms with Crippen molar-refractivity contribution in [3.63, 3.8) is 0 Å². The van der Waals surface area contributed by atoms with E-state index in [-0.39, 0.29) is 6.04 Å². The van der Waals surface area contributed by atoms with Gasteiger partial charge in [0.15, 0.2) is 0 Å². The second-order valence-corrected chi connectivity index (χ2v) is 4.82. The van der Waals surface area contributed by atoms with Crippen molar-refractivity contribution in [2.75, 3.05) is 26.7 Å². The Morgan fingerprint density at radius 3 is 2.71 bits per heavy atom. The normalized spacial score (nSPS) is 12.5. The Kier molecular flexibility index (Phi) is 6.89. The first kappa shape index (κ1) is 14.8. The number of nitrogens with one attached hydrogen (secondary N) is 1. The molecule has 0 fully saturated rings. The van der Waals surface area contributed by atoms with Crippen LogP contribution in [0.3, 0.4) is 0 Å². The Morgan fingerprint density at radius 1 is 1.41 bits per heavy atom. The summed E-state index contributed by atoms with van der Waals surface area (Å²) in [4.78, 5) is 0. The Bertz CT molecular complexity index is 349. The van der Waals surface area contributed by atoms with Crippen LogP contribution in [-0.2, 0) is 11.3 Å². The third kappa shape index (κ3) is 4.84. The topological polar surface area (TPSA) is 30.5 Å². The molecule has 0 heterocycles. The highest BCUT2D eigenvalue weighted by molar-refractivity contribution is 9.10. The zero-order chi connectivity index (χ0) is 12.7. The largest absolute Gasteiger partial charge is 0.496 e. The van der Waals surface area contributed by atoms with Crippen LogP contribution in [0.15, 0.2) is 22.7 Å². The fourth-order valence-electron chi connectivity index (χ4n) is 1.44. The second kappa shape index (κ2) is 7.93. The predicted molar refractivity (Wildman–Crippen MR) is 73.9 cm³/mol. The predicted octanol–water partition coefficient (Wildman–Crippen LogP) is 2.80. The highest BCUT2D eigenvalue weighted by atomic mass is 79.9. The SMILES string of the molecule is COCC(CCl)NCc1ccc(OC)c(Br)c1. The van der Waals surface area contributed by atoms with Crippen molar-refractivity contribution < 1.29 is 9.47 Å². The smallest absolute Gasteiger partial charge is 0.133 e. The number of benzene rings is 1. The van der Waals surface area contributed by atoms with Crippen molar-refractivity contribution >= 4 is 27.5 Å². The molecule has 0 aliphatic rings. The summed E-state index contributed by atoms with van der Waals surface area (Å²) in [7, 11) is 3.32. The van der Waals surface area contributed by atoms with E-state index in [2.05, 4.69) is 21.2 Å². The number of methoxy groups -OCH3 is 2. The Morgan fingerprint density at radius 2 is 2.18 bits per heavy atom. The average Bonchev–Trinajstić information content (AvgIpc) is 2.34. The molecule has 0 saturated carbocycles. The van der Waals surface area contributed by atoms with Gasteiger partial charge in [0.2, 0.25) is 0 Å². The molecule has 1 N–H and O–H groups in total. The Balaban J connectivity index is 2.54. The quantitative estimate of drug-likeness (QED) is 0.783. The van der Waals surface area contributed by atoms with Crippen molar-refractivity contribution in [3.8, 4) is 5.75 Å². The molecule has 1 atom stereocenters. The van der Waals surface area contributed by atoms with E-state index in [1.807, 2.05) is 18.2 Å². The van der Waals surface area contributed by atoms with E-state index in [4.69, 9.17) is 21.1 Å². The number of hydrogen-bond acceptors (Lipinski definition) is 3. The lowest BCUT2D eigenvalue weighted by Gasteiger charge is -2.15. The standard InChI is InChI=1S/C12H17BrClNO2/c1-16-8-10(6-14)15-7-9-3-4-12(17-2)11(13)5-9/h3-5,10,15H,6-8H2,1-2H3. The van der Waals surface area contributed by atoms with Gasteiger partial charge in [0.25, 0.3) is 0 Å². The van der Waals surface area contributed by atoms with Crippen LogP contribution >= 0.6 is 27.5 Å². The maximum absolute atomic E-state index is 5.82. The molecule has 3 nitrogen and oxygen atoms in total. The molecule has 17 heavy (non-hydrogen) atoms. The molecule has 1 rings (SSSR count). The molecule has 0 amide bonds. The minimum Gasteiger partial charge on any atom is -0.496 e. The molecule has 1 aromatic rings. The highest BCUT2D eigenvalue weighted by Gasteiger charge is 2.07. The maximum atomic E-state index is 5.82. The van der Waals surface area contributed by atoms with Gasteiger partial charge in [0.05, 0.1) is 18.2 Å². The fourth-order valence-corrected chi connectivity index (χ4v) is 2.23. The summed E-state index contributed by atoms with van der Waals surface area (Å²) in [5.74, 6) is 1.37. The van der Waals surface area contributed by atoms with Crippen LogP contribution < -0.4 is 10.1 Å². The first-order chi connectivity index (χ1) is 8.21. The summed E-state index contributed by atoms with van der Waals surface area (Å²) in [6, 6.07) is 6.16. The van der Waals surface area contributed by atoms with E-state index in [9.17, 15) is 0 Å². The lowest BCUT2D eigenvalue weighted by molar-refractivity contribution is 0.172. The molecule has 1 unspecified atom stereocenters. The molecule has 0 radical (unpaired) electrons. The van der Waals surface area contributed by atoms with E-state index >= 15 is 0 Å². The molecular weight excluding hydrogens is 305 g/mol. The summed E-state index contributed by atoms with van der Waals surface area (Å²) in [6.45, 7) is 1.37. The van der Waals surface area contributed by atoms with Gasteiger partial charge < -0.3 is 14.8 Å². The van der Waals surface area contributed by atoms with Crippen molar-refractivity contribution in [2.24, 2.45) is 0 Å². The maximum Gasteiger partial charge on any atom is 0.133 e. The van der Waals surface area contributed by atoms with E-state index in [0.717, 1.165) is 16.8 Å². The number of halogens is 2. The van der Waals surface area contributed by atoms with E-state index in [1.165, 1.54) is 5.56 Å². The van der Waals surface area contributed by atoms with Gasteiger partial charge in [-0.15, -0.1) is 11.6 Å². The minimum absolute atomic E-state index is 0.169. The number of hydrogen-bond donors (Lipinski definition) is 1. The van der Waals surface area contributed by atoms with Crippen molar-refractivity contribution in [1.82, 2.24) is 5.32 Å². The van der Waals surface area contributed by atoms with Crippen LogP contribution in [0.2, 0.25) is 0 Å². The Hall–Kier alpha value is -0.290. The van der Waals surface area contributed by atoms with E-state index < -0.39 is 0 Å². The molecule has 1 aromatic carbocycles. The van der Waals surface area contributed by atoms with Crippen molar-refractivity contribution in [2.45, 2.75) is 12.6 Å². The molecular formula is C12H17BrClNO2. The average molecular weight is 323 g/mol. The number of rotatable bonds is 7. The van der Waals surface area contributed by atoms with Crippen LogP contribution in [0.5, 0.6) is 5.75 Å². The molecule has 0 aliphatic carbocycles. The monoisotopic (exact) mass is 321 g/mol. The summed E-state index contributed by atoms with van der Waals surface area (Å²) >= 11 is 9.28. The number of alkyl halides is 1. The molecule has 5 heteroatoms. The van der Waals surface area contributed by atoms with Gasteiger partial charge in [-0.1, -0.05) is 6.07 Å². The molecule has 96 valence electrons. The first-order valence-corrected chi connectivity index (χ1v) is 6.64. The lowest BCUT2D eigenvalue weighted by Crippen LogP contribution is -2.34. The van der Waals surface area contributed by atoms with Crippen LogP contribution in [-0.4, -0.2) is 32.7 Å². The van der Waals surface area contributed by atoms with Gasteiger partial charge in [-0.25, -0.2) is 0 Å². The van der Waals surface area contributed by atoms with E-state index in [0.29, 0.717) is 12.5 Å². The second-order valence-electron chi connectivity index (χ2n) is 3.66. The fraction of sp³-hybridized carbons (Fsp3) is 0.500. The first-order valence-electron chi connectivity index (χ1n) is 5.32.